The van der Waals surface area contributed by atoms with Gasteiger partial charge in [-0.1, -0.05) is 206 Å². The van der Waals surface area contributed by atoms with Gasteiger partial charge in [0.1, 0.15) is 0 Å². The van der Waals surface area contributed by atoms with Crippen molar-refractivity contribution >= 4 is 0 Å². The fraction of sp³-hybridized carbons (Fsp3) is 0. The highest BCUT2D eigenvalue weighted by Gasteiger charge is 2.15. The fourth-order valence-corrected chi connectivity index (χ4v) is 8.11. The number of hydrogen-bond donors (Lipinski definition) is 0. The summed E-state index contributed by atoms with van der Waals surface area (Å²) in [6.07, 6.45) is 3.85. The van der Waals surface area contributed by atoms with Crippen LogP contribution in [0, 0.1) is 0 Å². The Morgan fingerprint density at radius 1 is 0.182 bits per heavy atom. The van der Waals surface area contributed by atoms with Gasteiger partial charge in [-0.05, 0) is 68.8 Å². The summed E-state index contributed by atoms with van der Waals surface area (Å²) in [5, 5.41) is 0. The molecule has 0 aliphatic heterocycles. The van der Waals surface area contributed by atoms with E-state index in [4.69, 9.17) is 29.9 Å². The van der Waals surface area contributed by atoms with Crippen LogP contribution in [0.4, 0.5) is 0 Å². The smallest absolute Gasteiger partial charge is 0.164 e. The molecule has 4 aromatic heterocycles. The molecule has 0 bridgehead atoms. The lowest BCUT2D eigenvalue weighted by Crippen LogP contribution is -2.00. The zero-order valence-electron chi connectivity index (χ0n) is 35.8. The van der Waals surface area contributed by atoms with Crippen LogP contribution >= 0.6 is 0 Å². The van der Waals surface area contributed by atoms with Crippen LogP contribution in [0.5, 0.6) is 0 Å². The first-order valence-electron chi connectivity index (χ1n) is 21.9. The molecular formula is C60H40N6. The van der Waals surface area contributed by atoms with Crippen molar-refractivity contribution in [2.45, 2.75) is 0 Å². The first-order valence-corrected chi connectivity index (χ1v) is 21.9. The molecule has 0 spiro atoms. The second-order valence-corrected chi connectivity index (χ2v) is 16.0. The summed E-state index contributed by atoms with van der Waals surface area (Å²) >= 11 is 0. The molecule has 66 heavy (non-hydrogen) atoms. The summed E-state index contributed by atoms with van der Waals surface area (Å²) in [5.41, 5.74) is 16.9. The van der Waals surface area contributed by atoms with Crippen LogP contribution in [-0.4, -0.2) is 29.9 Å². The molecule has 0 amide bonds. The molecule has 0 atom stereocenters. The molecule has 0 unspecified atom stereocenters. The number of hydrogen-bond acceptors (Lipinski definition) is 6. The van der Waals surface area contributed by atoms with Crippen molar-refractivity contribution in [3.63, 3.8) is 0 Å². The van der Waals surface area contributed by atoms with E-state index in [2.05, 4.69) is 140 Å². The highest BCUT2D eigenvalue weighted by Crippen LogP contribution is 2.33. The number of rotatable bonds is 10. The van der Waals surface area contributed by atoms with E-state index in [1.54, 1.807) is 0 Å². The normalized spacial score (nSPS) is 11.0. The molecule has 11 rings (SSSR count). The zero-order chi connectivity index (χ0) is 44.1. The molecule has 4 heterocycles. The van der Waals surface area contributed by atoms with Gasteiger partial charge in [0.05, 0.1) is 22.8 Å². The Balaban J connectivity index is 0.859. The lowest BCUT2D eigenvalue weighted by Gasteiger charge is -2.11. The van der Waals surface area contributed by atoms with E-state index in [0.29, 0.717) is 17.5 Å². The molecule has 0 saturated heterocycles. The van der Waals surface area contributed by atoms with Gasteiger partial charge in [-0.3, -0.25) is 9.97 Å². The van der Waals surface area contributed by atoms with Crippen LogP contribution in [0.2, 0.25) is 0 Å². The first kappa shape index (κ1) is 39.8. The predicted octanol–water partition coefficient (Wildman–Crippen LogP) is 14.7. The Bertz CT molecular complexity index is 3220. The SMILES string of the molecule is c1ccc(-c2ccc(-c3cc(-c4ccc(-c5ccccc5)cn4)nc(-c4ccc(-c5ccc(-c6ccc(-c7nc(-c8ccccc8)nc(-c8ccccc8)n7)cc6)cc5)cn4)c3)cc2)cc1. The summed E-state index contributed by atoms with van der Waals surface area (Å²) in [4.78, 5) is 29.6. The Labute approximate surface area is 383 Å². The van der Waals surface area contributed by atoms with Gasteiger partial charge in [0.2, 0.25) is 0 Å². The van der Waals surface area contributed by atoms with Gasteiger partial charge in [-0.15, -0.1) is 0 Å². The van der Waals surface area contributed by atoms with Crippen LogP contribution < -0.4 is 0 Å². The average molecular weight is 845 g/mol. The Hall–Kier alpha value is -9.00. The maximum atomic E-state index is 5.14. The van der Waals surface area contributed by atoms with Crippen LogP contribution in [0.3, 0.4) is 0 Å². The van der Waals surface area contributed by atoms with Gasteiger partial charge in [0.25, 0.3) is 0 Å². The van der Waals surface area contributed by atoms with E-state index >= 15 is 0 Å². The van der Waals surface area contributed by atoms with Crippen molar-refractivity contribution in [1.29, 1.82) is 0 Å². The van der Waals surface area contributed by atoms with E-state index < -0.39 is 0 Å². The minimum absolute atomic E-state index is 0.630. The molecule has 0 saturated carbocycles. The highest BCUT2D eigenvalue weighted by molar-refractivity contribution is 5.79. The third-order valence-corrected chi connectivity index (χ3v) is 11.7. The summed E-state index contributed by atoms with van der Waals surface area (Å²) in [6.45, 7) is 0. The second kappa shape index (κ2) is 18.0. The van der Waals surface area contributed by atoms with Crippen LogP contribution in [0.15, 0.2) is 243 Å². The number of benzene rings is 7. The number of pyridine rings is 3. The van der Waals surface area contributed by atoms with Gasteiger partial charge >= 0.3 is 0 Å². The maximum absolute atomic E-state index is 5.14. The van der Waals surface area contributed by atoms with Crippen molar-refractivity contribution in [2.75, 3.05) is 0 Å². The summed E-state index contributed by atoms with van der Waals surface area (Å²) < 4.78 is 0. The molecule has 0 aliphatic carbocycles. The van der Waals surface area contributed by atoms with Crippen molar-refractivity contribution in [3.8, 4) is 113 Å². The minimum atomic E-state index is 0.630. The zero-order valence-corrected chi connectivity index (χ0v) is 35.8. The van der Waals surface area contributed by atoms with Gasteiger partial charge in [0, 0.05) is 40.2 Å². The molecule has 0 N–H and O–H groups in total. The van der Waals surface area contributed by atoms with Crippen molar-refractivity contribution in [2.24, 2.45) is 0 Å². The van der Waals surface area contributed by atoms with Crippen molar-refractivity contribution in [3.05, 3.63) is 243 Å². The quantitative estimate of drug-likeness (QED) is 0.136. The van der Waals surface area contributed by atoms with E-state index in [1.807, 2.05) is 103 Å². The van der Waals surface area contributed by atoms with Crippen LogP contribution in [0.25, 0.3) is 113 Å². The highest BCUT2D eigenvalue weighted by atomic mass is 15.0. The van der Waals surface area contributed by atoms with Crippen molar-refractivity contribution < 1.29 is 0 Å². The third kappa shape index (κ3) is 8.54. The second-order valence-electron chi connectivity index (χ2n) is 16.0. The van der Waals surface area contributed by atoms with Gasteiger partial charge < -0.3 is 0 Å². The van der Waals surface area contributed by atoms with Crippen LogP contribution in [0.1, 0.15) is 0 Å². The summed E-state index contributed by atoms with van der Waals surface area (Å²) in [6, 6.07) is 79.0. The van der Waals surface area contributed by atoms with Crippen LogP contribution in [-0.2, 0) is 0 Å². The van der Waals surface area contributed by atoms with E-state index in [9.17, 15) is 0 Å². The molecule has 0 radical (unpaired) electrons. The third-order valence-electron chi connectivity index (χ3n) is 11.7. The van der Waals surface area contributed by atoms with E-state index in [-0.39, 0.29) is 0 Å². The molecule has 11 aromatic rings. The Morgan fingerprint density at radius 3 is 0.788 bits per heavy atom. The average Bonchev–Trinajstić information content (AvgIpc) is 3.42. The van der Waals surface area contributed by atoms with Crippen molar-refractivity contribution in [1.82, 2.24) is 29.9 Å². The van der Waals surface area contributed by atoms with E-state index in [1.165, 1.54) is 11.1 Å². The lowest BCUT2D eigenvalue weighted by molar-refractivity contribution is 1.07. The van der Waals surface area contributed by atoms with Gasteiger partial charge in [-0.25, -0.2) is 19.9 Å². The first-order chi connectivity index (χ1) is 32.7. The molecule has 0 fully saturated rings. The van der Waals surface area contributed by atoms with Gasteiger partial charge in [0.15, 0.2) is 17.5 Å². The summed E-state index contributed by atoms with van der Waals surface area (Å²) in [5.74, 6) is 1.91. The topological polar surface area (TPSA) is 77.3 Å². The number of nitrogens with zero attached hydrogens (tertiary/aromatic N) is 6. The molecule has 0 aliphatic rings. The molecular weight excluding hydrogens is 805 g/mol. The molecule has 7 aromatic carbocycles. The predicted molar refractivity (Wildman–Crippen MR) is 268 cm³/mol. The number of aromatic nitrogens is 6. The molecule has 6 heteroatoms. The minimum Gasteiger partial charge on any atom is -0.254 e. The Morgan fingerprint density at radius 2 is 0.439 bits per heavy atom. The van der Waals surface area contributed by atoms with Gasteiger partial charge in [-0.2, -0.15) is 0 Å². The maximum Gasteiger partial charge on any atom is 0.164 e. The molecule has 6 nitrogen and oxygen atoms in total. The standard InChI is InChI=1S/C60H40N6/c1-5-13-41(14-6-1)43-23-27-47(28-24-43)53-37-56(54-35-33-51(39-61-54)42-15-7-2-8-16-42)63-57(38-53)55-36-34-52(40-62-55)46-25-21-44(22-26-46)45-29-31-50(32-30-45)60-65-58(48-17-9-3-10-18-48)64-59(66-60)49-19-11-4-12-20-49/h1-40H. The Kier molecular flexibility index (Phi) is 10.9. The molecule has 310 valence electrons. The van der Waals surface area contributed by atoms with E-state index in [0.717, 1.165) is 84.0 Å². The monoisotopic (exact) mass is 844 g/mol. The summed E-state index contributed by atoms with van der Waals surface area (Å²) in [7, 11) is 0. The lowest BCUT2D eigenvalue weighted by atomic mass is 9.98. The largest absolute Gasteiger partial charge is 0.254 e. The fourth-order valence-electron chi connectivity index (χ4n) is 8.11.